The number of rotatable bonds is 10. The molecular formula is C27H34F3N3O5S. The number of alkyl halides is 3. The fourth-order valence-electron chi connectivity index (χ4n) is 4.34. The van der Waals surface area contributed by atoms with Gasteiger partial charge in [0.1, 0.15) is 18.7 Å². The lowest BCUT2D eigenvalue weighted by Gasteiger charge is -2.35. The van der Waals surface area contributed by atoms with Gasteiger partial charge in [-0.2, -0.15) is 13.2 Å². The minimum atomic E-state index is -4.64. The summed E-state index contributed by atoms with van der Waals surface area (Å²) in [5.41, 5.74) is 5.39. The first-order chi connectivity index (χ1) is 18.3. The summed E-state index contributed by atoms with van der Waals surface area (Å²) in [6.45, 7) is 3.10. The fourth-order valence-corrected chi connectivity index (χ4v) is 5.41. The van der Waals surface area contributed by atoms with Gasteiger partial charge in [-0.25, -0.2) is 8.42 Å². The highest BCUT2D eigenvalue weighted by molar-refractivity contribution is 7.89. The first kappa shape index (κ1) is 30.6. The summed E-state index contributed by atoms with van der Waals surface area (Å²) in [6.07, 6.45) is -0.992. The number of halogens is 3. The van der Waals surface area contributed by atoms with Crippen molar-refractivity contribution in [1.82, 2.24) is 9.84 Å². The molecule has 39 heavy (non-hydrogen) atoms. The third-order valence-corrected chi connectivity index (χ3v) is 8.10. The fraction of sp³-hybridized carbons (Fsp3) is 0.481. The molecule has 1 unspecified atom stereocenters. The highest BCUT2D eigenvalue weighted by Crippen LogP contribution is 2.32. The Hall–Kier alpha value is -2.96. The topological polar surface area (TPSA) is 119 Å². The van der Waals surface area contributed by atoms with Crippen LogP contribution in [0.2, 0.25) is 0 Å². The van der Waals surface area contributed by atoms with Crippen LogP contribution in [0.3, 0.4) is 0 Å². The Morgan fingerprint density at radius 3 is 2.15 bits per heavy atom. The molecule has 0 bridgehead atoms. The second kappa shape index (κ2) is 12.9. The Bertz CT molecular complexity index is 1220. The number of hydrazine groups is 1. The van der Waals surface area contributed by atoms with Gasteiger partial charge < -0.3 is 10.5 Å². The molecule has 0 radical (unpaired) electrons. The SMILES string of the molecule is CC(C)C(N)C(=O)OC[C@H](c1ccccc1)N(NS(=O)(=O)c1ccc(C(F)(F)F)cc1)C(=O)C1CCCCC1. The van der Waals surface area contributed by atoms with E-state index in [1.54, 1.807) is 44.2 Å². The molecule has 3 rings (SSSR count). The van der Waals surface area contributed by atoms with Crippen LogP contribution in [0.1, 0.15) is 63.1 Å². The van der Waals surface area contributed by atoms with E-state index in [1.165, 1.54) is 0 Å². The standard InChI is InChI=1S/C27H34F3N3O5S/c1-18(2)24(31)26(35)38-17-23(19-9-5-3-6-10-19)33(25(34)20-11-7-4-8-12-20)32-39(36,37)22-15-13-21(14-16-22)27(28,29)30/h3,5-6,9-10,13-16,18,20,23-24,32H,4,7-8,11-12,17,31H2,1-2H3/t23-,24?/m1/s1. The van der Waals surface area contributed by atoms with Crippen molar-refractivity contribution in [2.75, 3.05) is 6.61 Å². The number of nitrogens with zero attached hydrogens (tertiary/aromatic N) is 1. The Morgan fingerprint density at radius 2 is 1.62 bits per heavy atom. The lowest BCUT2D eigenvalue weighted by molar-refractivity contribution is -0.153. The summed E-state index contributed by atoms with van der Waals surface area (Å²) >= 11 is 0. The van der Waals surface area contributed by atoms with E-state index < -0.39 is 63.1 Å². The van der Waals surface area contributed by atoms with Gasteiger partial charge in [-0.3, -0.25) is 14.6 Å². The number of carbonyl (C=O) groups is 2. The molecule has 1 fully saturated rings. The van der Waals surface area contributed by atoms with E-state index in [9.17, 15) is 31.2 Å². The van der Waals surface area contributed by atoms with Crippen LogP contribution in [0, 0.1) is 11.8 Å². The lowest BCUT2D eigenvalue weighted by atomic mass is 9.88. The smallest absolute Gasteiger partial charge is 0.416 e. The summed E-state index contributed by atoms with van der Waals surface area (Å²) in [4.78, 5) is 28.2. The van der Waals surface area contributed by atoms with Gasteiger partial charge in [0, 0.05) is 5.92 Å². The quantitative estimate of drug-likeness (QED) is 0.320. The van der Waals surface area contributed by atoms with Crippen molar-refractivity contribution >= 4 is 21.9 Å². The minimum absolute atomic E-state index is 0.217. The zero-order valence-electron chi connectivity index (χ0n) is 21.9. The third-order valence-electron chi connectivity index (χ3n) is 6.77. The zero-order chi connectivity index (χ0) is 28.8. The van der Waals surface area contributed by atoms with Crippen LogP contribution in [0.4, 0.5) is 13.2 Å². The molecule has 12 heteroatoms. The number of hydrogen-bond acceptors (Lipinski definition) is 6. The second-order valence-electron chi connectivity index (χ2n) is 9.99. The Balaban J connectivity index is 1.99. The van der Waals surface area contributed by atoms with Crippen LogP contribution in [0.15, 0.2) is 59.5 Å². The molecular weight excluding hydrogens is 535 g/mol. The summed E-state index contributed by atoms with van der Waals surface area (Å²) in [6, 6.07) is 9.43. The van der Waals surface area contributed by atoms with Crippen LogP contribution in [0.5, 0.6) is 0 Å². The number of sulfonamides is 1. The van der Waals surface area contributed by atoms with Crippen LogP contribution < -0.4 is 10.6 Å². The van der Waals surface area contributed by atoms with E-state index in [0.29, 0.717) is 30.5 Å². The number of esters is 1. The number of nitrogens with one attached hydrogen (secondary N) is 1. The van der Waals surface area contributed by atoms with E-state index >= 15 is 0 Å². The number of nitrogens with two attached hydrogens (primary N) is 1. The molecule has 0 saturated heterocycles. The predicted octanol–water partition coefficient (Wildman–Crippen LogP) is 4.58. The monoisotopic (exact) mass is 569 g/mol. The zero-order valence-corrected chi connectivity index (χ0v) is 22.7. The van der Waals surface area contributed by atoms with Gasteiger partial charge in [-0.05, 0) is 48.6 Å². The highest BCUT2D eigenvalue weighted by atomic mass is 32.2. The molecule has 2 aromatic carbocycles. The molecule has 1 amide bonds. The lowest BCUT2D eigenvalue weighted by Crippen LogP contribution is -2.52. The molecule has 2 atom stereocenters. The molecule has 0 aliphatic heterocycles. The van der Waals surface area contributed by atoms with Gasteiger partial charge in [-0.15, -0.1) is 4.83 Å². The van der Waals surface area contributed by atoms with E-state index in [2.05, 4.69) is 4.83 Å². The average Bonchev–Trinajstić information content (AvgIpc) is 2.92. The molecule has 1 aliphatic rings. The van der Waals surface area contributed by atoms with Crippen molar-refractivity contribution in [3.63, 3.8) is 0 Å². The van der Waals surface area contributed by atoms with E-state index in [1.807, 2.05) is 0 Å². The van der Waals surface area contributed by atoms with Crippen molar-refractivity contribution in [3.8, 4) is 0 Å². The van der Waals surface area contributed by atoms with E-state index in [-0.39, 0.29) is 5.92 Å². The number of carbonyl (C=O) groups excluding carboxylic acids is 2. The van der Waals surface area contributed by atoms with Gasteiger partial charge in [0.25, 0.3) is 10.0 Å². The van der Waals surface area contributed by atoms with E-state index in [0.717, 1.165) is 36.4 Å². The number of amides is 1. The summed E-state index contributed by atoms with van der Waals surface area (Å²) < 4.78 is 71.2. The largest absolute Gasteiger partial charge is 0.462 e. The summed E-state index contributed by atoms with van der Waals surface area (Å²) in [5, 5.41) is 0.937. The maximum atomic E-state index is 13.8. The first-order valence-electron chi connectivity index (χ1n) is 12.8. The molecule has 0 heterocycles. The number of hydrogen-bond donors (Lipinski definition) is 2. The van der Waals surface area contributed by atoms with Crippen molar-refractivity contribution < 1.29 is 35.9 Å². The number of benzene rings is 2. The van der Waals surface area contributed by atoms with Crippen molar-refractivity contribution in [2.45, 2.75) is 69.1 Å². The Kier molecular flexibility index (Phi) is 10.1. The van der Waals surface area contributed by atoms with Crippen LogP contribution in [-0.4, -0.2) is 38.0 Å². The normalized spacial score (nSPS) is 16.5. The maximum Gasteiger partial charge on any atom is 0.416 e. The minimum Gasteiger partial charge on any atom is -0.462 e. The second-order valence-corrected chi connectivity index (χ2v) is 11.6. The Labute approximate surface area is 226 Å². The molecule has 0 aromatic heterocycles. The highest BCUT2D eigenvalue weighted by Gasteiger charge is 2.36. The van der Waals surface area contributed by atoms with Gasteiger partial charge in [0.2, 0.25) is 5.91 Å². The van der Waals surface area contributed by atoms with Crippen molar-refractivity contribution in [2.24, 2.45) is 17.6 Å². The van der Waals surface area contributed by atoms with Gasteiger partial charge in [0.05, 0.1) is 10.5 Å². The average molecular weight is 570 g/mol. The third kappa shape index (κ3) is 8.02. The predicted molar refractivity (Wildman–Crippen MR) is 138 cm³/mol. The first-order valence-corrected chi connectivity index (χ1v) is 14.3. The molecule has 0 spiro atoms. The summed E-state index contributed by atoms with van der Waals surface area (Å²) in [5.74, 6) is -1.91. The molecule has 214 valence electrons. The van der Waals surface area contributed by atoms with Gasteiger partial charge >= 0.3 is 12.1 Å². The molecule has 1 aliphatic carbocycles. The van der Waals surface area contributed by atoms with Crippen LogP contribution in [-0.2, 0) is 30.5 Å². The molecule has 8 nitrogen and oxygen atoms in total. The van der Waals surface area contributed by atoms with E-state index in [4.69, 9.17) is 10.5 Å². The van der Waals surface area contributed by atoms with Gasteiger partial charge in [0.15, 0.2) is 0 Å². The van der Waals surface area contributed by atoms with Gasteiger partial charge in [-0.1, -0.05) is 63.4 Å². The Morgan fingerprint density at radius 1 is 1.03 bits per heavy atom. The van der Waals surface area contributed by atoms with Crippen LogP contribution in [0.25, 0.3) is 0 Å². The number of ether oxygens (including phenoxy) is 1. The van der Waals surface area contributed by atoms with Crippen LogP contribution >= 0.6 is 0 Å². The summed E-state index contributed by atoms with van der Waals surface area (Å²) in [7, 11) is -4.50. The van der Waals surface area contributed by atoms with Crippen molar-refractivity contribution in [1.29, 1.82) is 0 Å². The molecule has 2 aromatic rings. The maximum absolute atomic E-state index is 13.8. The van der Waals surface area contributed by atoms with Crippen molar-refractivity contribution in [3.05, 3.63) is 65.7 Å². The molecule has 1 saturated carbocycles. The molecule has 3 N–H and O–H groups in total.